The first kappa shape index (κ1) is 27.5. The van der Waals surface area contributed by atoms with E-state index in [2.05, 4.69) is 9.98 Å². The second kappa shape index (κ2) is 10.8. The SMILES string of the molecule is COc1cc(OC)c(F)c(N2Cc3cnc(C(C=NCC(=O)N4CCOCC4)=C(C)N)cc3C3(CC3)C2=O)c1F. The van der Waals surface area contributed by atoms with E-state index in [1.54, 1.807) is 24.1 Å². The zero-order chi connectivity index (χ0) is 28.6. The molecule has 1 aliphatic carbocycles. The topological polar surface area (TPSA) is 120 Å². The van der Waals surface area contributed by atoms with Gasteiger partial charge in [0.15, 0.2) is 23.1 Å². The molecule has 1 aromatic carbocycles. The Morgan fingerprint density at radius 2 is 1.82 bits per heavy atom. The van der Waals surface area contributed by atoms with Crippen LogP contribution in [-0.2, 0) is 26.3 Å². The number of hydrogen-bond acceptors (Lipinski definition) is 8. The lowest BCUT2D eigenvalue weighted by Gasteiger charge is -2.35. The van der Waals surface area contributed by atoms with Crippen molar-refractivity contribution in [3.63, 3.8) is 0 Å². The molecule has 2 amide bonds. The van der Waals surface area contributed by atoms with E-state index in [4.69, 9.17) is 19.9 Å². The lowest BCUT2D eigenvalue weighted by Crippen LogP contribution is -2.45. The largest absolute Gasteiger partial charge is 0.493 e. The third-order valence-corrected chi connectivity index (χ3v) is 7.57. The number of morpholine rings is 1. The van der Waals surface area contributed by atoms with Crippen LogP contribution in [0.4, 0.5) is 14.5 Å². The van der Waals surface area contributed by atoms with Gasteiger partial charge in [-0.3, -0.25) is 19.6 Å². The molecule has 10 nitrogen and oxygen atoms in total. The molecule has 0 unspecified atom stereocenters. The van der Waals surface area contributed by atoms with Crippen molar-refractivity contribution in [1.82, 2.24) is 9.88 Å². The van der Waals surface area contributed by atoms with Crippen molar-refractivity contribution < 1.29 is 32.6 Å². The number of hydrogen-bond donors (Lipinski definition) is 1. The maximum absolute atomic E-state index is 15.3. The number of ether oxygens (including phenoxy) is 3. The minimum atomic E-state index is -0.982. The highest BCUT2D eigenvalue weighted by molar-refractivity contribution is 6.11. The molecule has 40 heavy (non-hydrogen) atoms. The van der Waals surface area contributed by atoms with Gasteiger partial charge >= 0.3 is 0 Å². The summed E-state index contributed by atoms with van der Waals surface area (Å²) in [5.74, 6) is -2.95. The molecule has 5 rings (SSSR count). The molecular weight excluding hydrogens is 524 g/mol. The predicted octanol–water partition coefficient (Wildman–Crippen LogP) is 2.57. The first-order valence-corrected chi connectivity index (χ1v) is 12.9. The number of anilines is 1. The molecule has 2 N–H and O–H groups in total. The number of carbonyl (C=O) groups excluding carboxylic acids is 2. The molecule has 0 atom stereocenters. The number of pyridine rings is 1. The van der Waals surface area contributed by atoms with Crippen LogP contribution in [0, 0.1) is 11.6 Å². The number of nitrogens with two attached hydrogens (primary N) is 1. The molecule has 1 aromatic heterocycles. The average Bonchev–Trinajstić information content (AvgIpc) is 3.76. The molecule has 212 valence electrons. The Balaban J connectivity index is 1.45. The smallest absolute Gasteiger partial charge is 0.244 e. The maximum atomic E-state index is 15.3. The fourth-order valence-electron chi connectivity index (χ4n) is 5.21. The summed E-state index contributed by atoms with van der Waals surface area (Å²) in [6, 6.07) is 2.90. The summed E-state index contributed by atoms with van der Waals surface area (Å²) in [5, 5.41) is 0. The van der Waals surface area contributed by atoms with Crippen LogP contribution in [0.3, 0.4) is 0 Å². The Kier molecular flexibility index (Phi) is 7.45. The van der Waals surface area contributed by atoms with Gasteiger partial charge in [0.25, 0.3) is 0 Å². The van der Waals surface area contributed by atoms with Crippen molar-refractivity contribution in [1.29, 1.82) is 0 Å². The lowest BCUT2D eigenvalue weighted by molar-refractivity contribution is -0.133. The van der Waals surface area contributed by atoms with Gasteiger partial charge in [-0.25, -0.2) is 8.78 Å². The summed E-state index contributed by atoms with van der Waals surface area (Å²) < 4.78 is 46.0. The van der Waals surface area contributed by atoms with Crippen LogP contribution in [0.2, 0.25) is 0 Å². The minimum absolute atomic E-state index is 0.0414. The van der Waals surface area contributed by atoms with E-state index in [1.807, 2.05) is 0 Å². The van der Waals surface area contributed by atoms with Crippen LogP contribution in [-0.4, -0.2) is 75.0 Å². The molecule has 1 saturated carbocycles. The van der Waals surface area contributed by atoms with Crippen molar-refractivity contribution >= 4 is 29.3 Å². The monoisotopic (exact) mass is 555 g/mol. The van der Waals surface area contributed by atoms with Crippen molar-refractivity contribution in [2.24, 2.45) is 10.7 Å². The number of methoxy groups -OCH3 is 2. The van der Waals surface area contributed by atoms with Gasteiger partial charge in [-0.2, -0.15) is 0 Å². The van der Waals surface area contributed by atoms with Crippen molar-refractivity contribution in [2.45, 2.75) is 31.7 Å². The van der Waals surface area contributed by atoms with Crippen LogP contribution < -0.4 is 20.1 Å². The molecule has 2 aliphatic heterocycles. The molecule has 0 bridgehead atoms. The minimum Gasteiger partial charge on any atom is -0.493 e. The molecule has 3 heterocycles. The Morgan fingerprint density at radius 3 is 2.40 bits per heavy atom. The number of amides is 2. The summed E-state index contributed by atoms with van der Waals surface area (Å²) in [6.07, 6.45) is 4.15. The van der Waals surface area contributed by atoms with Crippen LogP contribution in [0.15, 0.2) is 29.0 Å². The van der Waals surface area contributed by atoms with Gasteiger partial charge in [0.05, 0.1) is 45.1 Å². The Morgan fingerprint density at radius 1 is 1.18 bits per heavy atom. The zero-order valence-electron chi connectivity index (χ0n) is 22.6. The fraction of sp³-hybridized carbons (Fsp3) is 0.429. The molecule has 12 heteroatoms. The van der Waals surface area contributed by atoms with E-state index in [0.717, 1.165) is 16.5 Å². The number of aromatic nitrogens is 1. The van der Waals surface area contributed by atoms with Crippen LogP contribution in [0.5, 0.6) is 11.5 Å². The van der Waals surface area contributed by atoms with Crippen molar-refractivity contribution in [3.05, 3.63) is 52.5 Å². The lowest BCUT2D eigenvalue weighted by atomic mass is 9.85. The molecule has 1 saturated heterocycles. The number of halogens is 2. The second-order valence-corrected chi connectivity index (χ2v) is 10.0. The molecule has 2 fully saturated rings. The highest BCUT2D eigenvalue weighted by Crippen LogP contribution is 2.55. The predicted molar refractivity (Wildman–Crippen MR) is 143 cm³/mol. The number of aliphatic imine (C=N–C) groups is 1. The number of benzene rings is 1. The van der Waals surface area contributed by atoms with Gasteiger partial charge in [-0.1, -0.05) is 0 Å². The van der Waals surface area contributed by atoms with Crippen molar-refractivity contribution in [2.75, 3.05) is 52.0 Å². The fourth-order valence-corrected chi connectivity index (χ4v) is 5.21. The molecular formula is C28H31F2N5O5. The Labute approximate surface area is 230 Å². The zero-order valence-corrected chi connectivity index (χ0v) is 22.6. The van der Waals surface area contributed by atoms with Crippen LogP contribution >= 0.6 is 0 Å². The summed E-state index contributed by atoms with van der Waals surface area (Å²) >= 11 is 0. The van der Waals surface area contributed by atoms with Gasteiger partial charge in [0.1, 0.15) is 12.2 Å². The van der Waals surface area contributed by atoms with Gasteiger partial charge in [0.2, 0.25) is 11.8 Å². The summed E-state index contributed by atoms with van der Waals surface area (Å²) in [5.41, 5.74) is 7.57. The third kappa shape index (κ3) is 4.76. The van der Waals surface area contributed by atoms with E-state index < -0.39 is 28.6 Å². The van der Waals surface area contributed by atoms with E-state index in [1.165, 1.54) is 20.4 Å². The van der Waals surface area contributed by atoms with Gasteiger partial charge in [-0.15, -0.1) is 0 Å². The maximum Gasteiger partial charge on any atom is 0.244 e. The number of nitrogens with zero attached hydrogens (tertiary/aromatic N) is 4. The quantitative estimate of drug-likeness (QED) is 0.522. The average molecular weight is 556 g/mol. The van der Waals surface area contributed by atoms with Gasteiger partial charge in [0, 0.05) is 42.8 Å². The first-order chi connectivity index (χ1) is 19.2. The van der Waals surface area contributed by atoms with E-state index in [-0.39, 0.29) is 30.5 Å². The third-order valence-electron chi connectivity index (χ3n) is 7.57. The highest BCUT2D eigenvalue weighted by atomic mass is 19.1. The summed E-state index contributed by atoms with van der Waals surface area (Å²) in [7, 11) is 2.51. The first-order valence-electron chi connectivity index (χ1n) is 12.9. The van der Waals surface area contributed by atoms with Crippen molar-refractivity contribution in [3.8, 4) is 11.5 Å². The van der Waals surface area contributed by atoms with E-state index in [9.17, 15) is 9.59 Å². The number of carbonyl (C=O) groups is 2. The molecule has 3 aliphatic rings. The van der Waals surface area contributed by atoms with Crippen LogP contribution in [0.25, 0.3) is 5.57 Å². The Bertz CT molecular complexity index is 1380. The standard InChI is InChI=1S/C28H31F2N5O5/c1-16(31)18(13-32-14-23(36)34-6-8-40-9-7-34)20-10-19-17(12-33-20)15-35(27(37)28(19)4-5-28)26-24(29)21(38-2)11-22(39-3)25(26)30/h10-13H,4-9,14-15,31H2,1-3H3. The van der Waals surface area contributed by atoms with Crippen LogP contribution in [0.1, 0.15) is 36.6 Å². The van der Waals surface area contributed by atoms with E-state index in [0.29, 0.717) is 61.7 Å². The normalized spacial score (nSPS) is 18.6. The summed E-state index contributed by atoms with van der Waals surface area (Å²) in [6.45, 7) is 3.64. The van der Waals surface area contributed by atoms with E-state index >= 15 is 8.78 Å². The molecule has 2 aromatic rings. The number of rotatable bonds is 7. The number of allylic oxidation sites excluding steroid dienone is 2. The van der Waals surface area contributed by atoms with Gasteiger partial charge < -0.3 is 29.7 Å². The Hall–Kier alpha value is -4.06. The second-order valence-electron chi connectivity index (χ2n) is 10.0. The number of fused-ring (bicyclic) bond motifs is 2. The van der Waals surface area contributed by atoms with Gasteiger partial charge in [-0.05, 0) is 37.0 Å². The summed E-state index contributed by atoms with van der Waals surface area (Å²) in [4.78, 5) is 37.9. The molecule has 1 spiro atoms. The highest BCUT2D eigenvalue weighted by Gasteiger charge is 2.57. The molecule has 0 radical (unpaired) electrons.